The molecule has 18 heavy (non-hydrogen) atoms. The Labute approximate surface area is 111 Å². The molecule has 0 aliphatic carbocycles. The molecular formula is C13H10O3S2. The lowest BCUT2D eigenvalue weighted by molar-refractivity contribution is 0.0529. The van der Waals surface area contributed by atoms with Gasteiger partial charge in [-0.15, -0.1) is 22.7 Å². The number of hydrogen-bond acceptors (Lipinski definition) is 5. The van der Waals surface area contributed by atoms with Crippen LogP contribution in [0.2, 0.25) is 0 Å². The summed E-state index contributed by atoms with van der Waals surface area (Å²) < 4.78 is 7.77. The smallest absolute Gasteiger partial charge is 0.352 e. The van der Waals surface area contributed by atoms with E-state index in [9.17, 15) is 9.90 Å². The topological polar surface area (TPSA) is 46.5 Å². The number of thiophene rings is 2. The summed E-state index contributed by atoms with van der Waals surface area (Å²) in [4.78, 5) is 12.0. The molecule has 0 radical (unpaired) electrons. The Morgan fingerprint density at radius 2 is 2.06 bits per heavy atom. The van der Waals surface area contributed by atoms with Gasteiger partial charge in [0.15, 0.2) is 10.6 Å². The second kappa shape index (κ2) is 4.26. The van der Waals surface area contributed by atoms with Crippen molar-refractivity contribution in [2.45, 2.75) is 6.92 Å². The quantitative estimate of drug-likeness (QED) is 0.721. The molecule has 0 amide bonds. The molecule has 5 heteroatoms. The number of rotatable bonds is 2. The molecule has 0 fully saturated rings. The summed E-state index contributed by atoms with van der Waals surface area (Å²) in [5.74, 6) is -0.401. The first-order chi connectivity index (χ1) is 8.72. The monoisotopic (exact) mass is 278 g/mol. The highest BCUT2D eigenvalue weighted by Crippen LogP contribution is 2.46. The predicted octanol–water partition coefficient (Wildman–Crippen LogP) is 4.00. The van der Waals surface area contributed by atoms with Crippen LogP contribution in [-0.2, 0) is 4.74 Å². The highest BCUT2D eigenvalue weighted by molar-refractivity contribution is 7.33. The second-order valence-corrected chi connectivity index (χ2v) is 5.83. The number of esters is 1. The minimum absolute atomic E-state index is 0.0506. The normalized spacial score (nSPS) is 11.2. The van der Waals surface area contributed by atoms with Crippen LogP contribution in [0.15, 0.2) is 24.3 Å². The maximum Gasteiger partial charge on any atom is 0.352 e. The molecule has 0 aliphatic rings. The van der Waals surface area contributed by atoms with Gasteiger partial charge in [0.2, 0.25) is 0 Å². The highest BCUT2D eigenvalue weighted by Gasteiger charge is 2.21. The summed E-state index contributed by atoms with van der Waals surface area (Å²) in [5.41, 5.74) is 0. The molecule has 0 unspecified atom stereocenters. The van der Waals surface area contributed by atoms with Crippen LogP contribution in [0.3, 0.4) is 0 Å². The van der Waals surface area contributed by atoms with Gasteiger partial charge in [-0.3, -0.25) is 0 Å². The zero-order valence-electron chi connectivity index (χ0n) is 9.60. The Morgan fingerprint density at radius 3 is 2.83 bits per heavy atom. The Balaban J connectivity index is 2.25. The van der Waals surface area contributed by atoms with Gasteiger partial charge in [0.05, 0.1) is 16.0 Å². The van der Waals surface area contributed by atoms with Gasteiger partial charge >= 0.3 is 5.97 Å². The van der Waals surface area contributed by atoms with Crippen molar-refractivity contribution in [2.24, 2.45) is 0 Å². The lowest BCUT2D eigenvalue weighted by atomic mass is 10.2. The van der Waals surface area contributed by atoms with Gasteiger partial charge in [0.25, 0.3) is 0 Å². The minimum Gasteiger partial charge on any atom is -0.505 e. The molecule has 0 spiro atoms. The number of aromatic hydroxyl groups is 1. The van der Waals surface area contributed by atoms with Crippen LogP contribution in [0.4, 0.5) is 0 Å². The predicted molar refractivity (Wildman–Crippen MR) is 74.8 cm³/mol. The molecule has 0 aliphatic heterocycles. The SMILES string of the molecule is CCOC(=O)c1sc2c(sc3ccccc32)c1O. The summed E-state index contributed by atoms with van der Waals surface area (Å²) in [6.45, 7) is 2.06. The lowest BCUT2D eigenvalue weighted by Gasteiger charge is -1.98. The molecule has 3 aromatic rings. The van der Waals surface area contributed by atoms with E-state index in [0.29, 0.717) is 11.5 Å². The van der Waals surface area contributed by atoms with E-state index in [1.165, 1.54) is 22.7 Å². The molecule has 0 saturated carbocycles. The molecule has 3 rings (SSSR count). The maximum atomic E-state index is 11.7. The molecule has 1 aromatic carbocycles. The maximum absolute atomic E-state index is 11.7. The summed E-state index contributed by atoms with van der Waals surface area (Å²) in [7, 11) is 0. The fraction of sp³-hybridized carbons (Fsp3) is 0.154. The fourth-order valence-electron chi connectivity index (χ4n) is 1.87. The van der Waals surface area contributed by atoms with E-state index in [1.54, 1.807) is 6.92 Å². The van der Waals surface area contributed by atoms with Crippen LogP contribution >= 0.6 is 22.7 Å². The van der Waals surface area contributed by atoms with Crippen molar-refractivity contribution in [3.05, 3.63) is 29.1 Å². The molecule has 0 saturated heterocycles. The molecule has 0 bridgehead atoms. The summed E-state index contributed by atoms with van der Waals surface area (Å²) in [6, 6.07) is 7.93. The summed E-state index contributed by atoms with van der Waals surface area (Å²) >= 11 is 2.79. The first kappa shape index (κ1) is 11.5. The minimum atomic E-state index is -0.451. The van der Waals surface area contributed by atoms with E-state index in [2.05, 4.69) is 0 Å². The third kappa shape index (κ3) is 1.59. The van der Waals surface area contributed by atoms with E-state index in [4.69, 9.17) is 4.74 Å². The standard InChI is InChI=1S/C13H10O3S2/c1-2-16-13(15)12-9(14)11-10(18-12)7-5-3-4-6-8(7)17-11/h3-6,14H,2H2,1H3. The van der Waals surface area contributed by atoms with Crippen molar-refractivity contribution >= 4 is 48.1 Å². The van der Waals surface area contributed by atoms with E-state index < -0.39 is 5.97 Å². The van der Waals surface area contributed by atoms with Crippen molar-refractivity contribution in [3.8, 4) is 5.75 Å². The average Bonchev–Trinajstić information content (AvgIpc) is 2.88. The number of fused-ring (bicyclic) bond motifs is 3. The van der Waals surface area contributed by atoms with Crippen LogP contribution in [0.5, 0.6) is 5.75 Å². The third-order valence-corrected chi connectivity index (χ3v) is 5.14. The molecule has 3 nitrogen and oxygen atoms in total. The Bertz CT molecular complexity index is 739. The summed E-state index contributed by atoms with van der Waals surface area (Å²) in [6.07, 6.45) is 0. The van der Waals surface area contributed by atoms with Gasteiger partial charge in [-0.1, -0.05) is 18.2 Å². The number of ether oxygens (including phenoxy) is 1. The zero-order valence-corrected chi connectivity index (χ0v) is 11.2. The van der Waals surface area contributed by atoms with Crippen LogP contribution in [0.1, 0.15) is 16.6 Å². The van der Waals surface area contributed by atoms with Gasteiger partial charge in [-0.2, -0.15) is 0 Å². The molecular weight excluding hydrogens is 268 g/mol. The molecule has 0 atom stereocenters. The zero-order chi connectivity index (χ0) is 12.7. The number of carbonyl (C=O) groups excluding carboxylic acids is 1. The van der Waals surface area contributed by atoms with Crippen LogP contribution in [-0.4, -0.2) is 17.7 Å². The van der Waals surface area contributed by atoms with Gasteiger partial charge in [0, 0.05) is 10.1 Å². The number of carbonyl (C=O) groups is 1. The Morgan fingerprint density at radius 1 is 1.28 bits per heavy atom. The van der Waals surface area contributed by atoms with Gasteiger partial charge in [-0.05, 0) is 13.0 Å². The third-order valence-electron chi connectivity index (χ3n) is 2.65. The number of hydrogen-bond donors (Lipinski definition) is 1. The van der Waals surface area contributed by atoms with E-state index in [0.717, 1.165) is 19.5 Å². The van der Waals surface area contributed by atoms with Crippen molar-refractivity contribution in [1.82, 2.24) is 0 Å². The average molecular weight is 278 g/mol. The van der Waals surface area contributed by atoms with Crippen molar-refractivity contribution in [3.63, 3.8) is 0 Å². The van der Waals surface area contributed by atoms with Gasteiger partial charge in [-0.25, -0.2) is 4.79 Å². The van der Waals surface area contributed by atoms with Gasteiger partial charge < -0.3 is 9.84 Å². The lowest BCUT2D eigenvalue weighted by Crippen LogP contribution is -2.01. The highest BCUT2D eigenvalue weighted by atomic mass is 32.1. The van der Waals surface area contributed by atoms with Crippen molar-refractivity contribution in [1.29, 1.82) is 0 Å². The van der Waals surface area contributed by atoms with E-state index >= 15 is 0 Å². The van der Waals surface area contributed by atoms with Gasteiger partial charge in [0.1, 0.15) is 0 Å². The second-order valence-electron chi connectivity index (χ2n) is 3.76. The Hall–Kier alpha value is -1.59. The van der Waals surface area contributed by atoms with E-state index in [1.807, 2.05) is 24.3 Å². The van der Waals surface area contributed by atoms with Crippen LogP contribution < -0.4 is 0 Å². The first-order valence-corrected chi connectivity index (χ1v) is 7.15. The molecule has 1 N–H and O–H groups in total. The van der Waals surface area contributed by atoms with Crippen molar-refractivity contribution in [2.75, 3.05) is 6.61 Å². The largest absolute Gasteiger partial charge is 0.505 e. The van der Waals surface area contributed by atoms with Crippen molar-refractivity contribution < 1.29 is 14.6 Å². The van der Waals surface area contributed by atoms with Crippen LogP contribution in [0, 0.1) is 0 Å². The Kier molecular flexibility index (Phi) is 2.72. The molecule has 92 valence electrons. The van der Waals surface area contributed by atoms with E-state index in [-0.39, 0.29) is 5.75 Å². The first-order valence-electron chi connectivity index (χ1n) is 5.52. The summed E-state index contributed by atoms with van der Waals surface area (Å²) in [5, 5.41) is 11.2. The molecule has 2 aromatic heterocycles. The fourth-order valence-corrected chi connectivity index (χ4v) is 4.32. The van der Waals surface area contributed by atoms with Crippen LogP contribution in [0.25, 0.3) is 19.5 Å². The number of benzene rings is 1. The molecule has 2 heterocycles.